The first-order valence-electron chi connectivity index (χ1n) is 12.2. The van der Waals surface area contributed by atoms with Crippen LogP contribution in [0.15, 0.2) is 66.9 Å². The Balaban J connectivity index is 1.48. The summed E-state index contributed by atoms with van der Waals surface area (Å²) in [6.07, 6.45) is 3.35. The second-order valence-electron chi connectivity index (χ2n) is 9.26. The van der Waals surface area contributed by atoms with Crippen molar-refractivity contribution >= 4 is 22.8 Å². The molecule has 2 aromatic heterocycles. The molecule has 4 aromatic rings. The van der Waals surface area contributed by atoms with Gasteiger partial charge in [-0.2, -0.15) is 5.10 Å². The molecule has 0 saturated carbocycles. The molecule has 0 bridgehead atoms. The minimum absolute atomic E-state index is 0.0311. The maximum atomic E-state index is 13.8. The Morgan fingerprint density at radius 3 is 2.56 bits per heavy atom. The summed E-state index contributed by atoms with van der Waals surface area (Å²) in [6, 6.07) is 18.0. The van der Waals surface area contributed by atoms with Crippen LogP contribution in [0.3, 0.4) is 0 Å². The Labute approximate surface area is 208 Å². The van der Waals surface area contributed by atoms with E-state index in [1.807, 2.05) is 47.4 Å². The predicted octanol–water partition coefficient (Wildman–Crippen LogP) is 4.27. The smallest absolute Gasteiger partial charge is 0.254 e. The molecule has 0 radical (unpaired) electrons. The third-order valence-corrected chi connectivity index (χ3v) is 6.67. The van der Waals surface area contributed by atoms with Gasteiger partial charge in [-0.05, 0) is 42.5 Å². The minimum atomic E-state index is -0.306. The highest BCUT2D eigenvalue weighted by molar-refractivity contribution is 6.06. The largest absolute Gasteiger partial charge is 0.356 e. The number of carbonyl (C=O) groups excluding carboxylic acids is 2. The van der Waals surface area contributed by atoms with Crippen LogP contribution in [0.4, 0.5) is 4.39 Å². The van der Waals surface area contributed by atoms with Crippen molar-refractivity contribution in [1.82, 2.24) is 25.0 Å². The zero-order valence-corrected chi connectivity index (χ0v) is 20.2. The first-order chi connectivity index (χ1) is 17.5. The van der Waals surface area contributed by atoms with Crippen LogP contribution >= 0.6 is 0 Å². The van der Waals surface area contributed by atoms with Crippen LogP contribution in [-0.2, 0) is 11.3 Å². The lowest BCUT2D eigenvalue weighted by molar-refractivity contribution is -0.119. The molecule has 3 heterocycles. The number of likely N-dealkylation sites (tertiary alicyclic amines) is 1. The van der Waals surface area contributed by atoms with E-state index in [9.17, 15) is 14.0 Å². The van der Waals surface area contributed by atoms with Crippen LogP contribution < -0.4 is 5.32 Å². The van der Waals surface area contributed by atoms with E-state index < -0.39 is 0 Å². The standard InChI is InChI=1S/C28H28FN5O2/c1-19(35)30-16-20-10-12-33(13-11-20)28(36)24-15-26(22-7-3-2-4-8-22)32-27-25(24)17-31-34(27)18-21-6-5-9-23(29)14-21/h2-9,14-15,17,20H,10-13,16,18H2,1H3,(H,30,35). The van der Waals surface area contributed by atoms with E-state index in [0.29, 0.717) is 54.4 Å². The monoisotopic (exact) mass is 485 g/mol. The van der Waals surface area contributed by atoms with Crippen molar-refractivity contribution in [2.45, 2.75) is 26.3 Å². The zero-order chi connectivity index (χ0) is 25.1. The van der Waals surface area contributed by atoms with Gasteiger partial charge in [0.25, 0.3) is 5.91 Å². The molecule has 1 saturated heterocycles. The third-order valence-electron chi connectivity index (χ3n) is 6.67. The fraction of sp³-hybridized carbons (Fsp3) is 0.286. The minimum Gasteiger partial charge on any atom is -0.356 e. The number of nitrogens with zero attached hydrogens (tertiary/aromatic N) is 4. The molecule has 0 spiro atoms. The second kappa shape index (κ2) is 10.3. The summed E-state index contributed by atoms with van der Waals surface area (Å²) in [5.74, 6) is -0.0248. The molecule has 184 valence electrons. The van der Waals surface area contributed by atoms with E-state index in [-0.39, 0.29) is 17.6 Å². The second-order valence-corrected chi connectivity index (χ2v) is 9.26. The fourth-order valence-electron chi connectivity index (χ4n) is 4.70. The average molecular weight is 486 g/mol. The molecule has 0 atom stereocenters. The number of fused-ring (bicyclic) bond motifs is 1. The number of halogens is 1. The van der Waals surface area contributed by atoms with Crippen LogP contribution in [0.1, 0.15) is 35.7 Å². The third kappa shape index (κ3) is 5.12. The van der Waals surface area contributed by atoms with Crippen molar-refractivity contribution in [1.29, 1.82) is 0 Å². The molecular formula is C28H28FN5O2. The van der Waals surface area contributed by atoms with E-state index in [0.717, 1.165) is 24.0 Å². The van der Waals surface area contributed by atoms with Gasteiger partial charge in [-0.25, -0.2) is 14.1 Å². The Morgan fingerprint density at radius 1 is 1.06 bits per heavy atom. The number of aromatic nitrogens is 3. The van der Waals surface area contributed by atoms with Crippen molar-refractivity contribution in [3.63, 3.8) is 0 Å². The van der Waals surface area contributed by atoms with E-state index in [2.05, 4.69) is 10.4 Å². The highest BCUT2D eigenvalue weighted by Crippen LogP contribution is 2.28. The zero-order valence-electron chi connectivity index (χ0n) is 20.2. The summed E-state index contributed by atoms with van der Waals surface area (Å²) >= 11 is 0. The summed E-state index contributed by atoms with van der Waals surface area (Å²) in [6.45, 7) is 3.76. The van der Waals surface area contributed by atoms with Gasteiger partial charge < -0.3 is 10.2 Å². The van der Waals surface area contributed by atoms with Crippen LogP contribution in [0.5, 0.6) is 0 Å². The lowest BCUT2D eigenvalue weighted by Crippen LogP contribution is -2.41. The molecule has 2 amide bonds. The van der Waals surface area contributed by atoms with Gasteiger partial charge >= 0.3 is 0 Å². The molecule has 7 nitrogen and oxygen atoms in total. The van der Waals surface area contributed by atoms with Gasteiger partial charge in [-0.3, -0.25) is 9.59 Å². The number of amides is 2. The average Bonchev–Trinajstić information content (AvgIpc) is 3.30. The fourth-order valence-corrected chi connectivity index (χ4v) is 4.70. The number of nitrogens with one attached hydrogen (secondary N) is 1. The topological polar surface area (TPSA) is 80.1 Å². The predicted molar refractivity (Wildman–Crippen MR) is 136 cm³/mol. The number of benzene rings is 2. The summed E-state index contributed by atoms with van der Waals surface area (Å²) < 4.78 is 15.5. The Bertz CT molecular complexity index is 1390. The number of pyridine rings is 1. The van der Waals surface area contributed by atoms with Crippen LogP contribution in [0.25, 0.3) is 22.3 Å². The molecule has 2 aromatic carbocycles. The molecule has 1 N–H and O–H groups in total. The molecule has 36 heavy (non-hydrogen) atoms. The van der Waals surface area contributed by atoms with Crippen molar-refractivity contribution in [2.24, 2.45) is 5.92 Å². The molecule has 0 aliphatic carbocycles. The quantitative estimate of drug-likeness (QED) is 0.442. The van der Waals surface area contributed by atoms with Crippen molar-refractivity contribution in [3.8, 4) is 11.3 Å². The maximum Gasteiger partial charge on any atom is 0.254 e. The van der Waals surface area contributed by atoms with E-state index in [1.165, 1.54) is 19.1 Å². The van der Waals surface area contributed by atoms with Crippen molar-refractivity contribution < 1.29 is 14.0 Å². The number of piperidine rings is 1. The van der Waals surface area contributed by atoms with Gasteiger partial charge in [-0.1, -0.05) is 42.5 Å². The van der Waals surface area contributed by atoms with E-state index in [1.54, 1.807) is 16.9 Å². The van der Waals surface area contributed by atoms with Gasteiger partial charge in [0.15, 0.2) is 5.65 Å². The summed E-state index contributed by atoms with van der Waals surface area (Å²) in [4.78, 5) is 31.7. The number of hydrogen-bond acceptors (Lipinski definition) is 4. The van der Waals surface area contributed by atoms with Gasteiger partial charge in [-0.15, -0.1) is 0 Å². The van der Waals surface area contributed by atoms with Crippen LogP contribution in [0, 0.1) is 11.7 Å². The molecule has 5 rings (SSSR count). The molecular weight excluding hydrogens is 457 g/mol. The summed E-state index contributed by atoms with van der Waals surface area (Å²) in [5.41, 5.74) is 3.50. The number of carbonyl (C=O) groups is 2. The van der Waals surface area contributed by atoms with Gasteiger partial charge in [0.1, 0.15) is 5.82 Å². The Morgan fingerprint density at radius 2 is 1.83 bits per heavy atom. The van der Waals surface area contributed by atoms with E-state index >= 15 is 0 Å². The first-order valence-corrected chi connectivity index (χ1v) is 12.2. The molecule has 1 aliphatic heterocycles. The Kier molecular flexibility index (Phi) is 6.75. The van der Waals surface area contributed by atoms with E-state index in [4.69, 9.17) is 4.98 Å². The Hall–Kier alpha value is -4.07. The van der Waals surface area contributed by atoms with Crippen molar-refractivity contribution in [3.05, 3.63) is 83.8 Å². The normalized spacial score (nSPS) is 14.2. The lowest BCUT2D eigenvalue weighted by Gasteiger charge is -2.32. The molecule has 8 heteroatoms. The number of hydrogen-bond donors (Lipinski definition) is 1. The SMILES string of the molecule is CC(=O)NCC1CCN(C(=O)c2cc(-c3ccccc3)nc3c2cnn3Cc2cccc(F)c2)CC1. The van der Waals surface area contributed by atoms with Crippen LogP contribution in [0.2, 0.25) is 0 Å². The maximum absolute atomic E-state index is 13.8. The van der Waals surface area contributed by atoms with Gasteiger partial charge in [0.05, 0.1) is 29.4 Å². The van der Waals surface area contributed by atoms with Gasteiger partial charge in [0, 0.05) is 32.1 Å². The highest BCUT2D eigenvalue weighted by atomic mass is 19.1. The highest BCUT2D eigenvalue weighted by Gasteiger charge is 2.26. The number of rotatable bonds is 6. The molecule has 1 fully saturated rings. The lowest BCUT2D eigenvalue weighted by atomic mass is 9.96. The summed E-state index contributed by atoms with van der Waals surface area (Å²) in [7, 11) is 0. The first kappa shape index (κ1) is 23.7. The molecule has 0 unspecified atom stereocenters. The summed E-state index contributed by atoms with van der Waals surface area (Å²) in [5, 5.41) is 8.08. The van der Waals surface area contributed by atoms with Crippen molar-refractivity contribution in [2.75, 3.05) is 19.6 Å². The molecule has 1 aliphatic rings. The van der Waals surface area contributed by atoms with Gasteiger partial charge in [0.2, 0.25) is 5.91 Å². The van der Waals surface area contributed by atoms with Crippen LogP contribution in [-0.4, -0.2) is 51.1 Å².